The largest absolute Gasteiger partial charge is 0.374 e. The third kappa shape index (κ3) is 4.13. The summed E-state index contributed by atoms with van der Waals surface area (Å²) in [5, 5.41) is 2.77. The van der Waals surface area contributed by atoms with Gasteiger partial charge in [0.05, 0.1) is 6.04 Å². The topological polar surface area (TPSA) is 35.6 Å². The van der Waals surface area contributed by atoms with Crippen molar-refractivity contribution in [3.63, 3.8) is 0 Å². The molecule has 2 aliphatic heterocycles. The number of amides is 1. The van der Waals surface area contributed by atoms with E-state index in [-0.39, 0.29) is 6.04 Å². The van der Waals surface area contributed by atoms with Crippen LogP contribution in [0.4, 0.5) is 14.5 Å². The number of aryl methyl sites for hydroxylation is 1. The van der Waals surface area contributed by atoms with Crippen LogP contribution < -0.4 is 10.2 Å². The van der Waals surface area contributed by atoms with Crippen molar-refractivity contribution in [2.75, 3.05) is 38.1 Å². The predicted molar refractivity (Wildman–Crippen MR) is 110 cm³/mol. The van der Waals surface area contributed by atoms with Gasteiger partial charge in [0.25, 0.3) is 5.91 Å². The summed E-state index contributed by atoms with van der Waals surface area (Å²) in [4.78, 5) is 17.1. The van der Waals surface area contributed by atoms with Gasteiger partial charge in [0.1, 0.15) is 17.2 Å². The molecule has 1 amide bonds. The van der Waals surface area contributed by atoms with Crippen molar-refractivity contribution in [2.24, 2.45) is 0 Å². The molecule has 1 N–H and O–H groups in total. The number of carbonyl (C=O) groups is 1. The molecule has 1 fully saturated rings. The first-order chi connectivity index (χ1) is 14.0. The van der Waals surface area contributed by atoms with Crippen LogP contribution in [0.1, 0.15) is 46.8 Å². The van der Waals surface area contributed by atoms with E-state index in [0.717, 1.165) is 63.0 Å². The molecular weight excluding hydrogens is 372 g/mol. The lowest BCUT2D eigenvalue weighted by molar-refractivity contribution is 0.0929. The molecule has 0 saturated carbocycles. The van der Waals surface area contributed by atoms with Gasteiger partial charge in [0.15, 0.2) is 0 Å². The predicted octanol–water partition coefficient (Wildman–Crippen LogP) is 3.91. The van der Waals surface area contributed by atoms with Crippen molar-refractivity contribution in [3.8, 4) is 0 Å². The zero-order valence-electron chi connectivity index (χ0n) is 16.8. The van der Waals surface area contributed by atoms with Crippen molar-refractivity contribution in [1.29, 1.82) is 0 Å². The highest BCUT2D eigenvalue weighted by molar-refractivity contribution is 5.94. The van der Waals surface area contributed by atoms with E-state index in [9.17, 15) is 13.6 Å². The number of rotatable bonds is 5. The molecule has 1 atom stereocenters. The summed E-state index contributed by atoms with van der Waals surface area (Å²) in [7, 11) is 2.11. The van der Waals surface area contributed by atoms with Gasteiger partial charge in [-0.1, -0.05) is 18.2 Å². The van der Waals surface area contributed by atoms with Crippen molar-refractivity contribution in [1.82, 2.24) is 10.2 Å². The molecule has 2 aromatic rings. The highest BCUT2D eigenvalue weighted by Gasteiger charge is 2.26. The number of hydrogen-bond donors (Lipinski definition) is 1. The Hall–Kier alpha value is -2.47. The molecular formula is C23H27F2N3O. The first kappa shape index (κ1) is 19.8. The summed E-state index contributed by atoms with van der Waals surface area (Å²) in [6, 6.07) is 9.99. The molecule has 0 spiro atoms. The zero-order valence-corrected chi connectivity index (χ0v) is 16.8. The lowest BCUT2D eigenvalue weighted by Gasteiger charge is -2.32. The highest BCUT2D eigenvalue weighted by atomic mass is 19.1. The van der Waals surface area contributed by atoms with E-state index in [1.807, 2.05) is 0 Å². The van der Waals surface area contributed by atoms with E-state index in [2.05, 4.69) is 40.4 Å². The molecule has 0 aliphatic carbocycles. The summed E-state index contributed by atoms with van der Waals surface area (Å²) >= 11 is 0. The molecule has 0 radical (unpaired) electrons. The molecule has 2 aromatic carbocycles. The fourth-order valence-corrected chi connectivity index (χ4v) is 4.52. The summed E-state index contributed by atoms with van der Waals surface area (Å²) in [6.07, 6.45) is 4.43. The molecule has 2 heterocycles. The zero-order chi connectivity index (χ0) is 20.4. The van der Waals surface area contributed by atoms with Crippen LogP contribution in [0, 0.1) is 11.6 Å². The van der Waals surface area contributed by atoms with Crippen LogP contribution >= 0.6 is 0 Å². The molecule has 0 bridgehead atoms. The van der Waals surface area contributed by atoms with E-state index in [1.54, 1.807) is 0 Å². The van der Waals surface area contributed by atoms with Gasteiger partial charge >= 0.3 is 0 Å². The Bertz CT molecular complexity index is 875. The normalized spacial score (nSPS) is 17.8. The van der Waals surface area contributed by atoms with E-state index in [1.165, 1.54) is 17.3 Å². The minimum atomic E-state index is -0.836. The lowest BCUT2D eigenvalue weighted by Crippen LogP contribution is -2.37. The Balaban J connectivity index is 1.56. The Labute approximate surface area is 170 Å². The van der Waals surface area contributed by atoms with Crippen LogP contribution in [0.15, 0.2) is 36.4 Å². The number of hydrogen-bond acceptors (Lipinski definition) is 3. The van der Waals surface area contributed by atoms with Crippen LogP contribution in [0.2, 0.25) is 0 Å². The lowest BCUT2D eigenvalue weighted by atomic mass is 9.96. The number of anilines is 1. The maximum atomic E-state index is 14.0. The summed E-state index contributed by atoms with van der Waals surface area (Å²) < 4.78 is 27.9. The highest BCUT2D eigenvalue weighted by Crippen LogP contribution is 2.32. The average molecular weight is 399 g/mol. The van der Waals surface area contributed by atoms with Crippen LogP contribution in [0.3, 0.4) is 0 Å². The molecule has 29 heavy (non-hydrogen) atoms. The second kappa shape index (κ2) is 8.49. The maximum Gasteiger partial charge on any atom is 0.257 e. The second-order valence-electron chi connectivity index (χ2n) is 7.98. The Kier molecular flexibility index (Phi) is 5.81. The molecule has 0 aromatic heterocycles. The fraction of sp³-hybridized carbons (Fsp3) is 0.435. The van der Waals surface area contributed by atoms with Gasteiger partial charge in [-0.3, -0.25) is 9.69 Å². The number of nitrogens with one attached hydrogen (secondary N) is 1. The SMILES string of the molecule is CN1CCCc2cc(C(CNC(=O)c3c(F)cccc3F)N3CCCC3)ccc21. The molecule has 6 heteroatoms. The molecule has 4 nitrogen and oxygen atoms in total. The Morgan fingerprint density at radius 3 is 2.52 bits per heavy atom. The van der Waals surface area contributed by atoms with E-state index >= 15 is 0 Å². The van der Waals surface area contributed by atoms with Crippen LogP contribution in [0.5, 0.6) is 0 Å². The number of halogens is 2. The van der Waals surface area contributed by atoms with Crippen LogP contribution in [-0.2, 0) is 6.42 Å². The van der Waals surface area contributed by atoms with Crippen LogP contribution in [-0.4, -0.2) is 44.0 Å². The van der Waals surface area contributed by atoms with Gasteiger partial charge in [-0.2, -0.15) is 0 Å². The van der Waals surface area contributed by atoms with Gasteiger partial charge in [-0.05, 0) is 68.1 Å². The van der Waals surface area contributed by atoms with Crippen molar-refractivity contribution in [2.45, 2.75) is 31.7 Å². The first-order valence-electron chi connectivity index (χ1n) is 10.3. The molecule has 4 rings (SSSR count). The van der Waals surface area contributed by atoms with Gasteiger partial charge in [-0.25, -0.2) is 8.78 Å². The molecule has 2 aliphatic rings. The Morgan fingerprint density at radius 1 is 1.07 bits per heavy atom. The third-order valence-corrected chi connectivity index (χ3v) is 6.07. The third-order valence-electron chi connectivity index (χ3n) is 6.07. The molecule has 1 unspecified atom stereocenters. The summed E-state index contributed by atoms with van der Waals surface area (Å²) in [5.74, 6) is -2.38. The van der Waals surface area contributed by atoms with Crippen molar-refractivity contribution < 1.29 is 13.6 Å². The van der Waals surface area contributed by atoms with E-state index < -0.39 is 23.1 Å². The number of fused-ring (bicyclic) bond motifs is 1. The van der Waals surface area contributed by atoms with Gasteiger partial charge in [0.2, 0.25) is 0 Å². The van der Waals surface area contributed by atoms with Crippen molar-refractivity contribution >= 4 is 11.6 Å². The molecule has 1 saturated heterocycles. The van der Waals surface area contributed by atoms with Gasteiger partial charge < -0.3 is 10.2 Å². The Morgan fingerprint density at radius 2 is 1.79 bits per heavy atom. The first-order valence-corrected chi connectivity index (χ1v) is 10.3. The molecule has 154 valence electrons. The number of nitrogens with zero attached hydrogens (tertiary/aromatic N) is 2. The van der Waals surface area contributed by atoms with Gasteiger partial charge in [-0.15, -0.1) is 0 Å². The minimum Gasteiger partial charge on any atom is -0.374 e. The van der Waals surface area contributed by atoms with E-state index in [4.69, 9.17) is 0 Å². The minimum absolute atomic E-state index is 0.00572. The number of likely N-dealkylation sites (tertiary alicyclic amines) is 1. The average Bonchev–Trinajstić information content (AvgIpc) is 3.23. The fourth-order valence-electron chi connectivity index (χ4n) is 4.52. The van der Waals surface area contributed by atoms with Gasteiger partial charge in [0, 0.05) is 25.8 Å². The standard InChI is InChI=1S/C23H27F2N3O/c1-27-11-5-6-16-14-17(9-10-20(16)27)21(28-12-2-3-13-28)15-26-23(29)22-18(24)7-4-8-19(22)25/h4,7-10,14,21H,2-3,5-6,11-13,15H2,1H3,(H,26,29). The number of benzene rings is 2. The smallest absolute Gasteiger partial charge is 0.257 e. The monoisotopic (exact) mass is 399 g/mol. The maximum absolute atomic E-state index is 14.0. The van der Waals surface area contributed by atoms with E-state index in [0.29, 0.717) is 6.54 Å². The van der Waals surface area contributed by atoms with Crippen molar-refractivity contribution in [3.05, 3.63) is 64.7 Å². The second-order valence-corrected chi connectivity index (χ2v) is 7.98. The number of carbonyl (C=O) groups excluding carboxylic acids is 1. The van der Waals surface area contributed by atoms with Crippen LogP contribution in [0.25, 0.3) is 0 Å². The quantitative estimate of drug-likeness (QED) is 0.828. The summed E-state index contributed by atoms with van der Waals surface area (Å²) in [5.41, 5.74) is 3.22. The summed E-state index contributed by atoms with van der Waals surface area (Å²) in [6.45, 7) is 3.31.